The SMILES string of the molecule is CN(C)CCCNC(=O)C[C@H]1CC[C@@H]2[C@@H](COc3ccc(NC(=O)NC4CCCC4)cc3C(=O)N2C)O1. The number of rotatable bonds is 8. The highest BCUT2D eigenvalue weighted by atomic mass is 16.5. The highest BCUT2D eigenvalue weighted by Crippen LogP contribution is 2.32. The molecule has 3 aliphatic rings. The summed E-state index contributed by atoms with van der Waals surface area (Å²) < 4.78 is 12.3. The Kier molecular flexibility index (Phi) is 9.26. The van der Waals surface area contributed by atoms with E-state index in [9.17, 15) is 14.4 Å². The molecule has 1 aliphatic carbocycles. The Morgan fingerprint density at radius 1 is 1.14 bits per heavy atom. The summed E-state index contributed by atoms with van der Waals surface area (Å²) in [4.78, 5) is 42.0. The topological polar surface area (TPSA) is 112 Å². The van der Waals surface area contributed by atoms with Crippen molar-refractivity contribution < 1.29 is 23.9 Å². The summed E-state index contributed by atoms with van der Waals surface area (Å²) >= 11 is 0. The van der Waals surface area contributed by atoms with Gasteiger partial charge in [0.05, 0.1) is 24.1 Å². The zero-order chi connectivity index (χ0) is 26.4. The van der Waals surface area contributed by atoms with Crippen LogP contribution < -0.4 is 20.7 Å². The van der Waals surface area contributed by atoms with Crippen molar-refractivity contribution >= 4 is 23.5 Å². The van der Waals surface area contributed by atoms with Gasteiger partial charge in [-0.15, -0.1) is 0 Å². The van der Waals surface area contributed by atoms with E-state index in [1.807, 2.05) is 14.1 Å². The van der Waals surface area contributed by atoms with Gasteiger partial charge in [0, 0.05) is 25.3 Å². The van der Waals surface area contributed by atoms with Crippen LogP contribution in [0.4, 0.5) is 10.5 Å². The molecule has 0 spiro atoms. The molecular formula is C27H41N5O5. The van der Waals surface area contributed by atoms with Gasteiger partial charge >= 0.3 is 6.03 Å². The van der Waals surface area contributed by atoms with Gasteiger partial charge in [0.1, 0.15) is 18.5 Å². The number of hydrogen-bond acceptors (Lipinski definition) is 6. The lowest BCUT2D eigenvalue weighted by Gasteiger charge is -2.42. The Bertz CT molecular complexity index is 965. The summed E-state index contributed by atoms with van der Waals surface area (Å²) in [7, 11) is 5.80. The van der Waals surface area contributed by atoms with E-state index >= 15 is 0 Å². The minimum absolute atomic E-state index is 0.0132. The van der Waals surface area contributed by atoms with E-state index in [4.69, 9.17) is 9.47 Å². The quantitative estimate of drug-likeness (QED) is 0.459. The van der Waals surface area contributed by atoms with Crippen LogP contribution in [-0.4, -0.2) is 92.8 Å². The number of benzene rings is 1. The molecule has 4 rings (SSSR count). The Morgan fingerprint density at radius 3 is 2.68 bits per heavy atom. The van der Waals surface area contributed by atoms with Crippen LogP contribution in [0.5, 0.6) is 5.75 Å². The second-order valence-electron chi connectivity index (χ2n) is 10.7. The molecule has 1 aromatic rings. The van der Waals surface area contributed by atoms with Gasteiger partial charge in [-0.1, -0.05) is 12.8 Å². The standard InChI is InChI=1S/C27H41N5O5/c1-31(2)14-6-13-28-25(33)16-20-10-11-22-24(37-20)17-36-23-12-9-19(15-21(23)26(34)32(22)3)30-27(35)29-18-7-4-5-8-18/h9,12,15,18,20,22,24H,4-8,10-11,13-14,16-17H2,1-3H3,(H,28,33)(H2,29,30,35)/t20-,22-,24-/m1/s1. The second-order valence-corrected chi connectivity index (χ2v) is 10.7. The summed E-state index contributed by atoms with van der Waals surface area (Å²) in [6.45, 7) is 1.85. The summed E-state index contributed by atoms with van der Waals surface area (Å²) in [5.41, 5.74) is 0.965. The Balaban J connectivity index is 1.34. The molecule has 1 aromatic carbocycles. The first kappa shape index (κ1) is 27.2. The van der Waals surface area contributed by atoms with Crippen LogP contribution in [0.2, 0.25) is 0 Å². The highest BCUT2D eigenvalue weighted by molar-refractivity contribution is 5.99. The predicted molar refractivity (Wildman–Crippen MR) is 141 cm³/mol. The van der Waals surface area contributed by atoms with E-state index < -0.39 is 0 Å². The number of amides is 4. The number of urea groups is 1. The van der Waals surface area contributed by atoms with Crippen molar-refractivity contribution in [3.05, 3.63) is 23.8 Å². The number of carbonyl (C=O) groups excluding carboxylic acids is 3. The van der Waals surface area contributed by atoms with Crippen molar-refractivity contribution in [1.82, 2.24) is 20.4 Å². The van der Waals surface area contributed by atoms with Gasteiger partial charge in [-0.3, -0.25) is 9.59 Å². The Labute approximate surface area is 219 Å². The van der Waals surface area contributed by atoms with Gasteiger partial charge in [-0.05, 0) is 70.9 Å². The van der Waals surface area contributed by atoms with Crippen molar-refractivity contribution in [3.63, 3.8) is 0 Å². The smallest absolute Gasteiger partial charge is 0.319 e. The third-order valence-electron chi connectivity index (χ3n) is 7.48. The molecule has 0 aromatic heterocycles. The zero-order valence-electron chi connectivity index (χ0n) is 22.3. The molecule has 3 N–H and O–H groups in total. The third-order valence-corrected chi connectivity index (χ3v) is 7.48. The molecule has 204 valence electrons. The normalized spacial score (nSPS) is 23.9. The molecule has 37 heavy (non-hydrogen) atoms. The van der Waals surface area contributed by atoms with E-state index in [1.165, 1.54) is 0 Å². The molecule has 10 nitrogen and oxygen atoms in total. The van der Waals surface area contributed by atoms with Crippen molar-refractivity contribution in [3.8, 4) is 5.75 Å². The van der Waals surface area contributed by atoms with Gasteiger partial charge < -0.3 is 35.2 Å². The number of fused-ring (bicyclic) bond motifs is 2. The number of nitrogens with zero attached hydrogens (tertiary/aromatic N) is 2. The van der Waals surface area contributed by atoms with Crippen LogP contribution in [-0.2, 0) is 9.53 Å². The van der Waals surface area contributed by atoms with Gasteiger partial charge in [-0.2, -0.15) is 0 Å². The van der Waals surface area contributed by atoms with Crippen LogP contribution in [0, 0.1) is 0 Å². The molecule has 0 unspecified atom stereocenters. The predicted octanol–water partition coefficient (Wildman–Crippen LogP) is 2.59. The molecule has 1 saturated heterocycles. The molecule has 1 saturated carbocycles. The fourth-order valence-corrected chi connectivity index (χ4v) is 5.43. The third kappa shape index (κ3) is 7.35. The summed E-state index contributed by atoms with van der Waals surface area (Å²) in [5.74, 6) is 0.271. The monoisotopic (exact) mass is 515 g/mol. The van der Waals surface area contributed by atoms with E-state index in [0.717, 1.165) is 45.1 Å². The first-order valence-electron chi connectivity index (χ1n) is 13.5. The first-order chi connectivity index (χ1) is 17.8. The van der Waals surface area contributed by atoms with Gasteiger partial charge in [-0.25, -0.2) is 4.79 Å². The molecular weight excluding hydrogens is 474 g/mol. The van der Waals surface area contributed by atoms with Crippen molar-refractivity contribution in [2.75, 3.05) is 46.2 Å². The Hall–Kier alpha value is -2.85. The van der Waals surface area contributed by atoms with Crippen molar-refractivity contribution in [1.29, 1.82) is 0 Å². The average Bonchev–Trinajstić information content (AvgIpc) is 3.37. The fraction of sp³-hybridized carbons (Fsp3) is 0.667. The summed E-state index contributed by atoms with van der Waals surface area (Å²) in [6, 6.07) is 4.94. The molecule has 4 amide bonds. The number of carbonyl (C=O) groups is 3. The van der Waals surface area contributed by atoms with Crippen molar-refractivity contribution in [2.45, 2.75) is 75.7 Å². The second kappa shape index (κ2) is 12.6. The highest BCUT2D eigenvalue weighted by Gasteiger charge is 2.39. The molecule has 3 atom stereocenters. The maximum atomic E-state index is 13.4. The number of likely N-dealkylation sites (N-methyl/N-ethyl adjacent to an activating group) is 1. The summed E-state index contributed by atoms with van der Waals surface area (Å²) in [6.07, 6.45) is 6.38. The van der Waals surface area contributed by atoms with Crippen LogP contribution in [0.3, 0.4) is 0 Å². The minimum Gasteiger partial charge on any atom is -0.490 e. The largest absolute Gasteiger partial charge is 0.490 e. The van der Waals surface area contributed by atoms with E-state index in [-0.39, 0.29) is 48.7 Å². The van der Waals surface area contributed by atoms with Crippen LogP contribution >= 0.6 is 0 Å². The van der Waals surface area contributed by atoms with Crippen LogP contribution in [0.15, 0.2) is 18.2 Å². The maximum Gasteiger partial charge on any atom is 0.319 e. The molecule has 10 heteroatoms. The molecule has 2 heterocycles. The van der Waals surface area contributed by atoms with Gasteiger partial charge in [0.25, 0.3) is 5.91 Å². The molecule has 0 bridgehead atoms. The fourth-order valence-electron chi connectivity index (χ4n) is 5.43. The molecule has 2 aliphatic heterocycles. The van der Waals surface area contributed by atoms with Crippen molar-refractivity contribution in [2.24, 2.45) is 0 Å². The number of ether oxygens (including phenoxy) is 2. The van der Waals surface area contributed by atoms with E-state index in [0.29, 0.717) is 36.4 Å². The average molecular weight is 516 g/mol. The molecule has 0 radical (unpaired) electrons. The zero-order valence-corrected chi connectivity index (χ0v) is 22.3. The van der Waals surface area contributed by atoms with Crippen LogP contribution in [0.1, 0.15) is 61.7 Å². The lowest BCUT2D eigenvalue weighted by Crippen LogP contribution is -2.54. The van der Waals surface area contributed by atoms with E-state index in [1.54, 1.807) is 30.1 Å². The molecule has 2 fully saturated rings. The van der Waals surface area contributed by atoms with Gasteiger partial charge in [0.2, 0.25) is 5.91 Å². The number of hydrogen-bond donors (Lipinski definition) is 3. The van der Waals surface area contributed by atoms with Crippen LogP contribution in [0.25, 0.3) is 0 Å². The number of nitrogens with one attached hydrogen (secondary N) is 3. The number of anilines is 1. The minimum atomic E-state index is -0.322. The maximum absolute atomic E-state index is 13.4. The first-order valence-corrected chi connectivity index (χ1v) is 13.5. The van der Waals surface area contributed by atoms with E-state index in [2.05, 4.69) is 20.9 Å². The lowest BCUT2D eigenvalue weighted by molar-refractivity contribution is -0.134. The summed E-state index contributed by atoms with van der Waals surface area (Å²) in [5, 5.41) is 8.82. The lowest BCUT2D eigenvalue weighted by atomic mass is 9.94. The Morgan fingerprint density at radius 2 is 1.92 bits per heavy atom. The van der Waals surface area contributed by atoms with Gasteiger partial charge in [0.15, 0.2) is 0 Å².